The number of carbonyl (C=O) groups is 1. The maximum atomic E-state index is 10.8. The monoisotopic (exact) mass is 312 g/mol. The van der Waals surface area contributed by atoms with Crippen LogP contribution in [0.15, 0.2) is 54.6 Å². The molecule has 0 unspecified atom stereocenters. The first-order valence-electron chi connectivity index (χ1n) is 6.56. The van der Waals surface area contributed by atoms with Gasteiger partial charge >= 0.3 is 5.97 Å². The van der Waals surface area contributed by atoms with Gasteiger partial charge in [-0.3, -0.25) is 0 Å². The van der Waals surface area contributed by atoms with Crippen molar-refractivity contribution < 1.29 is 14.6 Å². The molecule has 0 saturated heterocycles. The highest BCUT2D eigenvalue weighted by Gasteiger charge is 2.12. The van der Waals surface area contributed by atoms with Crippen LogP contribution in [-0.4, -0.2) is 20.4 Å². The number of ether oxygens (including phenoxy) is 1. The van der Waals surface area contributed by atoms with Gasteiger partial charge < -0.3 is 9.84 Å². The highest BCUT2D eigenvalue weighted by molar-refractivity contribution is 7.07. The molecule has 3 aromatic rings. The van der Waals surface area contributed by atoms with Crippen molar-refractivity contribution in [2.75, 3.05) is 0 Å². The number of aromatic nitrogens is 2. The summed E-state index contributed by atoms with van der Waals surface area (Å²) in [5.41, 5.74) is 1.86. The molecule has 0 radical (unpaired) electrons. The van der Waals surface area contributed by atoms with Crippen LogP contribution in [0.3, 0.4) is 0 Å². The smallest absolute Gasteiger partial charge is 0.366 e. The zero-order chi connectivity index (χ0) is 15.4. The Morgan fingerprint density at radius 3 is 2.45 bits per heavy atom. The van der Waals surface area contributed by atoms with E-state index in [-0.39, 0.29) is 5.01 Å². The van der Waals surface area contributed by atoms with Crippen molar-refractivity contribution in [1.29, 1.82) is 0 Å². The summed E-state index contributed by atoms with van der Waals surface area (Å²) in [6.07, 6.45) is 0. The zero-order valence-electron chi connectivity index (χ0n) is 11.5. The number of carboxylic acid groups (broad SMARTS) is 1. The van der Waals surface area contributed by atoms with Gasteiger partial charge in [-0.2, -0.15) is 4.37 Å². The molecule has 0 aliphatic heterocycles. The summed E-state index contributed by atoms with van der Waals surface area (Å²) in [6.45, 7) is 0.498. The molecule has 1 aromatic heterocycles. The summed E-state index contributed by atoms with van der Waals surface area (Å²) >= 11 is 0.872. The molecule has 0 fully saturated rings. The minimum absolute atomic E-state index is 0.0144. The Morgan fingerprint density at radius 1 is 1.09 bits per heavy atom. The third-order valence-electron chi connectivity index (χ3n) is 2.97. The van der Waals surface area contributed by atoms with E-state index in [1.165, 1.54) is 0 Å². The van der Waals surface area contributed by atoms with Gasteiger partial charge in [0.25, 0.3) is 0 Å². The molecule has 2 aromatic carbocycles. The van der Waals surface area contributed by atoms with Crippen LogP contribution in [0.2, 0.25) is 0 Å². The minimum atomic E-state index is -1.06. The van der Waals surface area contributed by atoms with Gasteiger partial charge in [0.15, 0.2) is 5.82 Å². The molecule has 1 N–H and O–H groups in total. The molecule has 0 saturated carbocycles. The van der Waals surface area contributed by atoms with Crippen molar-refractivity contribution in [3.8, 4) is 17.1 Å². The van der Waals surface area contributed by atoms with Crippen LogP contribution in [-0.2, 0) is 6.61 Å². The molecule has 0 aliphatic rings. The zero-order valence-corrected chi connectivity index (χ0v) is 12.3. The van der Waals surface area contributed by atoms with E-state index in [2.05, 4.69) is 9.36 Å². The third kappa shape index (κ3) is 3.29. The van der Waals surface area contributed by atoms with Crippen LogP contribution in [0.25, 0.3) is 11.4 Å². The number of carboxylic acids is 1. The quantitative estimate of drug-likeness (QED) is 0.781. The molecule has 5 nitrogen and oxygen atoms in total. The molecule has 0 atom stereocenters. The predicted octanol–water partition coefficient (Wildman–Crippen LogP) is 3.48. The van der Waals surface area contributed by atoms with E-state index < -0.39 is 5.97 Å². The fourth-order valence-corrected chi connectivity index (χ4v) is 2.39. The number of rotatable bonds is 5. The van der Waals surface area contributed by atoms with Crippen LogP contribution in [0.4, 0.5) is 0 Å². The topological polar surface area (TPSA) is 72.3 Å². The van der Waals surface area contributed by atoms with E-state index in [1.54, 1.807) is 0 Å². The standard InChI is InChI=1S/C16H12N2O3S/c19-16(20)15-17-14(18-22-15)12-6-8-13(9-7-12)21-10-11-4-2-1-3-5-11/h1-9H,10H2,(H,19,20). The minimum Gasteiger partial charge on any atom is -0.489 e. The first-order chi connectivity index (χ1) is 10.7. The molecule has 1 heterocycles. The van der Waals surface area contributed by atoms with E-state index in [0.717, 1.165) is 28.4 Å². The van der Waals surface area contributed by atoms with Crippen molar-refractivity contribution in [3.63, 3.8) is 0 Å². The summed E-state index contributed by atoms with van der Waals surface area (Å²) in [7, 11) is 0. The molecule has 110 valence electrons. The van der Waals surface area contributed by atoms with E-state index in [0.29, 0.717) is 12.4 Å². The van der Waals surface area contributed by atoms with Gasteiger partial charge in [-0.25, -0.2) is 9.78 Å². The predicted molar refractivity (Wildman–Crippen MR) is 83.1 cm³/mol. The Kier molecular flexibility index (Phi) is 4.11. The first kappa shape index (κ1) is 14.2. The fraction of sp³-hybridized carbons (Fsp3) is 0.0625. The lowest BCUT2D eigenvalue weighted by Gasteiger charge is -2.06. The molecule has 3 rings (SSSR count). The van der Waals surface area contributed by atoms with E-state index in [9.17, 15) is 4.79 Å². The average molecular weight is 312 g/mol. The fourth-order valence-electron chi connectivity index (χ4n) is 1.87. The maximum Gasteiger partial charge on any atom is 0.366 e. The molecule has 0 amide bonds. The highest BCUT2D eigenvalue weighted by Crippen LogP contribution is 2.22. The Morgan fingerprint density at radius 2 is 1.82 bits per heavy atom. The van der Waals surface area contributed by atoms with Crippen molar-refractivity contribution >= 4 is 17.5 Å². The average Bonchev–Trinajstić information content (AvgIpc) is 3.05. The molecule has 6 heteroatoms. The van der Waals surface area contributed by atoms with Gasteiger partial charge in [-0.1, -0.05) is 30.3 Å². The molecular weight excluding hydrogens is 300 g/mol. The van der Waals surface area contributed by atoms with Crippen molar-refractivity contribution in [2.45, 2.75) is 6.61 Å². The van der Waals surface area contributed by atoms with Crippen LogP contribution < -0.4 is 4.74 Å². The number of hydrogen-bond acceptors (Lipinski definition) is 5. The van der Waals surface area contributed by atoms with Gasteiger partial charge in [0.1, 0.15) is 12.4 Å². The summed E-state index contributed by atoms with van der Waals surface area (Å²) in [4.78, 5) is 14.8. The third-order valence-corrected chi connectivity index (χ3v) is 3.67. The maximum absolute atomic E-state index is 10.8. The largest absolute Gasteiger partial charge is 0.489 e. The van der Waals surface area contributed by atoms with E-state index in [4.69, 9.17) is 9.84 Å². The Hall–Kier alpha value is -2.73. The number of hydrogen-bond donors (Lipinski definition) is 1. The van der Waals surface area contributed by atoms with Gasteiger partial charge in [0.05, 0.1) is 0 Å². The lowest BCUT2D eigenvalue weighted by molar-refractivity contribution is 0.0696. The van der Waals surface area contributed by atoms with Crippen LogP contribution >= 0.6 is 11.5 Å². The number of nitrogens with zero attached hydrogens (tertiary/aromatic N) is 2. The number of benzene rings is 2. The van der Waals surface area contributed by atoms with Gasteiger partial charge in [0.2, 0.25) is 5.01 Å². The molecule has 22 heavy (non-hydrogen) atoms. The molecule has 0 bridgehead atoms. The molecule has 0 spiro atoms. The van der Waals surface area contributed by atoms with Gasteiger partial charge in [-0.15, -0.1) is 0 Å². The van der Waals surface area contributed by atoms with E-state index >= 15 is 0 Å². The van der Waals surface area contributed by atoms with Crippen molar-refractivity contribution in [1.82, 2.24) is 9.36 Å². The van der Waals surface area contributed by atoms with Crippen molar-refractivity contribution in [2.24, 2.45) is 0 Å². The van der Waals surface area contributed by atoms with Crippen LogP contribution in [0.5, 0.6) is 5.75 Å². The van der Waals surface area contributed by atoms with E-state index in [1.807, 2.05) is 54.6 Å². The number of aromatic carboxylic acids is 1. The Balaban J connectivity index is 1.68. The van der Waals surface area contributed by atoms with Gasteiger partial charge in [0, 0.05) is 5.56 Å². The second-order valence-corrected chi connectivity index (χ2v) is 5.28. The summed E-state index contributed by atoms with van der Waals surface area (Å²) in [6, 6.07) is 17.2. The van der Waals surface area contributed by atoms with Crippen LogP contribution in [0.1, 0.15) is 15.4 Å². The van der Waals surface area contributed by atoms with Crippen LogP contribution in [0, 0.1) is 0 Å². The van der Waals surface area contributed by atoms with Gasteiger partial charge in [-0.05, 0) is 41.4 Å². The summed E-state index contributed by atoms with van der Waals surface area (Å²) in [5, 5.41) is 8.84. The lowest BCUT2D eigenvalue weighted by Crippen LogP contribution is -1.95. The Bertz CT molecular complexity index is 770. The second kappa shape index (κ2) is 6.36. The Labute approximate surface area is 131 Å². The van der Waals surface area contributed by atoms with Crippen molar-refractivity contribution in [3.05, 3.63) is 65.2 Å². The molecule has 0 aliphatic carbocycles. The first-order valence-corrected chi connectivity index (χ1v) is 7.34. The summed E-state index contributed by atoms with van der Waals surface area (Å²) < 4.78 is 9.73. The normalized spacial score (nSPS) is 10.4. The second-order valence-electron chi connectivity index (χ2n) is 4.53. The molecular formula is C16H12N2O3S. The summed E-state index contributed by atoms with van der Waals surface area (Å²) in [5.74, 6) is 0.0878. The lowest BCUT2D eigenvalue weighted by atomic mass is 10.2. The highest BCUT2D eigenvalue weighted by atomic mass is 32.1. The SMILES string of the molecule is O=C(O)c1nc(-c2ccc(OCc3ccccc3)cc2)ns1.